The molecule has 1 aromatic heterocycles. The molecule has 2 heterocycles. The fourth-order valence-electron chi connectivity index (χ4n) is 2.22. The van der Waals surface area contributed by atoms with Gasteiger partial charge in [-0.25, -0.2) is 9.67 Å². The van der Waals surface area contributed by atoms with Gasteiger partial charge < -0.3 is 0 Å². The van der Waals surface area contributed by atoms with Crippen LogP contribution in [0.3, 0.4) is 0 Å². The summed E-state index contributed by atoms with van der Waals surface area (Å²) in [5, 5.41) is 12.9. The quantitative estimate of drug-likeness (QED) is 0.726. The molecule has 98 valence electrons. The summed E-state index contributed by atoms with van der Waals surface area (Å²) >= 11 is 0. The van der Waals surface area contributed by atoms with Gasteiger partial charge in [-0.3, -0.25) is 9.80 Å². The predicted octanol–water partition coefficient (Wildman–Crippen LogP) is 0.500. The van der Waals surface area contributed by atoms with Crippen molar-refractivity contribution >= 4 is 0 Å². The van der Waals surface area contributed by atoms with Gasteiger partial charge in [0.1, 0.15) is 12.2 Å². The molecule has 6 nitrogen and oxygen atoms in total. The molecule has 0 bridgehead atoms. The van der Waals surface area contributed by atoms with Gasteiger partial charge in [0, 0.05) is 32.2 Å². The summed E-state index contributed by atoms with van der Waals surface area (Å²) in [7, 11) is 0. The molecule has 0 spiro atoms. The van der Waals surface area contributed by atoms with Gasteiger partial charge in [0.05, 0.1) is 19.2 Å². The Balaban J connectivity index is 1.88. The summed E-state index contributed by atoms with van der Waals surface area (Å²) in [6.45, 7) is 9.52. The molecule has 0 radical (unpaired) electrons. The molecule has 2 rings (SSSR count). The number of rotatable bonds is 4. The number of hydrogen-bond acceptors (Lipinski definition) is 5. The molecule has 0 aromatic carbocycles. The third kappa shape index (κ3) is 3.06. The van der Waals surface area contributed by atoms with E-state index in [4.69, 9.17) is 5.26 Å². The fourth-order valence-corrected chi connectivity index (χ4v) is 2.22. The highest BCUT2D eigenvalue weighted by Gasteiger charge is 2.18. The van der Waals surface area contributed by atoms with E-state index in [1.165, 1.54) is 0 Å². The second-order valence-electron chi connectivity index (χ2n) is 4.92. The van der Waals surface area contributed by atoms with E-state index in [1.54, 1.807) is 6.33 Å². The molecule has 0 saturated carbocycles. The van der Waals surface area contributed by atoms with Crippen LogP contribution in [0.25, 0.3) is 0 Å². The molecule has 1 aromatic rings. The van der Waals surface area contributed by atoms with Crippen molar-refractivity contribution in [3.63, 3.8) is 0 Å². The Labute approximate surface area is 108 Å². The SMILES string of the molecule is CC(C)n1ncnc1CN1CCN(CC#N)CC1. The highest BCUT2D eigenvalue weighted by atomic mass is 15.4. The third-order valence-corrected chi connectivity index (χ3v) is 3.26. The zero-order valence-corrected chi connectivity index (χ0v) is 11.1. The van der Waals surface area contributed by atoms with Crippen LogP contribution in [0.15, 0.2) is 6.33 Å². The van der Waals surface area contributed by atoms with Gasteiger partial charge in [0.25, 0.3) is 0 Å². The topological polar surface area (TPSA) is 61.0 Å². The smallest absolute Gasteiger partial charge is 0.141 e. The highest BCUT2D eigenvalue weighted by Crippen LogP contribution is 2.10. The van der Waals surface area contributed by atoms with Crippen LogP contribution in [-0.2, 0) is 6.54 Å². The minimum atomic E-state index is 0.349. The Bertz CT molecular complexity index is 410. The molecule has 0 aliphatic carbocycles. The molecule has 1 fully saturated rings. The molecule has 6 heteroatoms. The average molecular weight is 248 g/mol. The normalized spacial score (nSPS) is 18.1. The molecule has 1 saturated heterocycles. The maximum absolute atomic E-state index is 8.66. The lowest BCUT2D eigenvalue weighted by Crippen LogP contribution is -2.46. The van der Waals surface area contributed by atoms with Crippen molar-refractivity contribution in [3.05, 3.63) is 12.2 Å². The first kappa shape index (κ1) is 13.0. The van der Waals surface area contributed by atoms with Crippen LogP contribution in [-0.4, -0.2) is 57.3 Å². The van der Waals surface area contributed by atoms with Crippen molar-refractivity contribution < 1.29 is 0 Å². The maximum atomic E-state index is 8.66. The summed E-state index contributed by atoms with van der Waals surface area (Å²) in [5.41, 5.74) is 0. The zero-order chi connectivity index (χ0) is 13.0. The lowest BCUT2D eigenvalue weighted by molar-refractivity contribution is 0.133. The van der Waals surface area contributed by atoms with Gasteiger partial charge in [0.2, 0.25) is 0 Å². The molecule has 0 atom stereocenters. The molecule has 0 N–H and O–H groups in total. The number of hydrogen-bond donors (Lipinski definition) is 0. The summed E-state index contributed by atoms with van der Waals surface area (Å²) in [6.07, 6.45) is 1.63. The minimum absolute atomic E-state index is 0.349. The van der Waals surface area contributed by atoms with Crippen LogP contribution in [0.2, 0.25) is 0 Å². The van der Waals surface area contributed by atoms with Crippen LogP contribution in [0.1, 0.15) is 25.7 Å². The lowest BCUT2D eigenvalue weighted by Gasteiger charge is -2.33. The molecule has 0 amide bonds. The second kappa shape index (κ2) is 5.94. The number of nitrogens with zero attached hydrogens (tertiary/aromatic N) is 6. The Morgan fingerprint density at radius 3 is 2.56 bits per heavy atom. The van der Waals surface area contributed by atoms with Crippen LogP contribution >= 0.6 is 0 Å². The number of nitriles is 1. The van der Waals surface area contributed by atoms with Gasteiger partial charge in [-0.1, -0.05) is 0 Å². The van der Waals surface area contributed by atoms with E-state index in [9.17, 15) is 0 Å². The van der Waals surface area contributed by atoms with Gasteiger partial charge in [-0.15, -0.1) is 0 Å². The van der Waals surface area contributed by atoms with Gasteiger partial charge in [-0.05, 0) is 13.8 Å². The monoisotopic (exact) mass is 248 g/mol. The fraction of sp³-hybridized carbons (Fsp3) is 0.750. The van der Waals surface area contributed by atoms with Crippen molar-refractivity contribution in [2.24, 2.45) is 0 Å². The van der Waals surface area contributed by atoms with E-state index >= 15 is 0 Å². The molecular weight excluding hydrogens is 228 g/mol. The summed E-state index contributed by atoms with van der Waals surface area (Å²) in [4.78, 5) is 8.89. The van der Waals surface area contributed by atoms with Crippen molar-refractivity contribution in [1.82, 2.24) is 24.6 Å². The first-order valence-electron chi connectivity index (χ1n) is 6.40. The minimum Gasteiger partial charge on any atom is -0.293 e. The molecule has 0 unspecified atom stereocenters. The van der Waals surface area contributed by atoms with Gasteiger partial charge >= 0.3 is 0 Å². The first-order chi connectivity index (χ1) is 8.70. The van der Waals surface area contributed by atoms with Crippen molar-refractivity contribution in [1.29, 1.82) is 5.26 Å². The van der Waals surface area contributed by atoms with Crippen LogP contribution in [0.5, 0.6) is 0 Å². The summed E-state index contributed by atoms with van der Waals surface area (Å²) in [5.74, 6) is 1.03. The average Bonchev–Trinajstić information content (AvgIpc) is 2.80. The molecular formula is C12H20N6. The maximum Gasteiger partial charge on any atom is 0.141 e. The number of aromatic nitrogens is 3. The van der Waals surface area contributed by atoms with Crippen LogP contribution < -0.4 is 0 Å². The Hall–Kier alpha value is -1.45. The third-order valence-electron chi connectivity index (χ3n) is 3.26. The summed E-state index contributed by atoms with van der Waals surface area (Å²) in [6, 6.07) is 2.55. The predicted molar refractivity (Wildman–Crippen MR) is 67.7 cm³/mol. The largest absolute Gasteiger partial charge is 0.293 e. The number of piperazine rings is 1. The molecule has 18 heavy (non-hydrogen) atoms. The standard InChI is InChI=1S/C12H20N6/c1-11(2)18-12(14-10-15-18)9-17-7-5-16(4-3-13)6-8-17/h10-11H,4-9H2,1-2H3. The van der Waals surface area contributed by atoms with Crippen molar-refractivity contribution in [2.45, 2.75) is 26.4 Å². The Morgan fingerprint density at radius 2 is 1.94 bits per heavy atom. The first-order valence-corrected chi connectivity index (χ1v) is 6.40. The summed E-state index contributed by atoms with van der Waals surface area (Å²) < 4.78 is 1.97. The zero-order valence-electron chi connectivity index (χ0n) is 11.1. The highest BCUT2D eigenvalue weighted by molar-refractivity contribution is 4.89. The Kier molecular flexibility index (Phi) is 4.28. The van der Waals surface area contributed by atoms with Crippen LogP contribution in [0.4, 0.5) is 0 Å². The van der Waals surface area contributed by atoms with E-state index in [-0.39, 0.29) is 0 Å². The van der Waals surface area contributed by atoms with E-state index in [0.717, 1.165) is 38.5 Å². The van der Waals surface area contributed by atoms with E-state index in [1.807, 2.05) is 4.68 Å². The van der Waals surface area contributed by atoms with Gasteiger partial charge in [0.15, 0.2) is 0 Å². The Morgan fingerprint density at radius 1 is 1.28 bits per heavy atom. The van der Waals surface area contributed by atoms with Crippen molar-refractivity contribution in [3.8, 4) is 6.07 Å². The lowest BCUT2D eigenvalue weighted by atomic mass is 10.3. The van der Waals surface area contributed by atoms with E-state index < -0.39 is 0 Å². The van der Waals surface area contributed by atoms with E-state index in [2.05, 4.69) is 39.8 Å². The van der Waals surface area contributed by atoms with Crippen LogP contribution in [0, 0.1) is 11.3 Å². The van der Waals surface area contributed by atoms with Gasteiger partial charge in [-0.2, -0.15) is 10.4 Å². The molecule has 1 aliphatic rings. The second-order valence-corrected chi connectivity index (χ2v) is 4.92. The molecule has 1 aliphatic heterocycles. The van der Waals surface area contributed by atoms with E-state index in [0.29, 0.717) is 12.6 Å². The van der Waals surface area contributed by atoms with Crippen molar-refractivity contribution in [2.75, 3.05) is 32.7 Å².